The first kappa shape index (κ1) is 15.2. The van der Waals surface area contributed by atoms with Crippen molar-refractivity contribution in [2.24, 2.45) is 17.8 Å². The highest BCUT2D eigenvalue weighted by Gasteiger charge is 2.54. The summed E-state index contributed by atoms with van der Waals surface area (Å²) in [6.07, 6.45) is -2.03. The lowest BCUT2D eigenvalue weighted by Gasteiger charge is -2.47. The maximum atomic E-state index is 12.6. The van der Waals surface area contributed by atoms with Crippen molar-refractivity contribution < 1.29 is 27.4 Å². The number of alkyl halides is 3. The Labute approximate surface area is 116 Å². The van der Waals surface area contributed by atoms with Crippen LogP contribution >= 0.6 is 0 Å². The first-order valence-corrected chi connectivity index (χ1v) is 6.84. The minimum atomic E-state index is -4.74. The second-order valence-electron chi connectivity index (χ2n) is 6.09. The summed E-state index contributed by atoms with van der Waals surface area (Å²) in [6.45, 7) is 5.91. The Kier molecular flexibility index (Phi) is 3.77. The summed E-state index contributed by atoms with van der Waals surface area (Å²) >= 11 is 0. The molecule has 2 aliphatic rings. The third-order valence-electron chi connectivity index (χ3n) is 4.14. The van der Waals surface area contributed by atoms with Crippen LogP contribution in [0.25, 0.3) is 0 Å². The van der Waals surface area contributed by atoms with Crippen LogP contribution in [0.1, 0.15) is 40.0 Å². The van der Waals surface area contributed by atoms with E-state index in [9.17, 15) is 18.0 Å². The van der Waals surface area contributed by atoms with Crippen molar-refractivity contribution in [1.82, 2.24) is 0 Å². The molecule has 0 aromatic heterocycles. The molecular weight excluding hydrogens is 273 g/mol. The molecule has 0 aromatic carbocycles. The average molecular weight is 292 g/mol. The van der Waals surface area contributed by atoms with Crippen molar-refractivity contribution in [2.45, 2.75) is 52.0 Å². The van der Waals surface area contributed by atoms with E-state index in [0.717, 1.165) is 12.8 Å². The highest BCUT2D eigenvalue weighted by molar-refractivity contribution is 5.90. The molecule has 1 saturated carbocycles. The van der Waals surface area contributed by atoms with Crippen LogP contribution in [0.3, 0.4) is 0 Å². The molecule has 0 amide bonds. The molecule has 20 heavy (non-hydrogen) atoms. The molecule has 0 radical (unpaired) electrons. The zero-order chi connectivity index (χ0) is 15.1. The Balaban J connectivity index is 2.31. The Bertz CT molecular complexity index is 428. The van der Waals surface area contributed by atoms with Crippen molar-refractivity contribution in [3.8, 4) is 0 Å². The van der Waals surface area contributed by atoms with E-state index in [0.29, 0.717) is 12.7 Å². The van der Waals surface area contributed by atoms with Gasteiger partial charge in [0, 0.05) is 12.3 Å². The van der Waals surface area contributed by atoms with Gasteiger partial charge in [0.05, 0.1) is 0 Å². The number of hydrogen-bond acceptors (Lipinski definition) is 3. The molecule has 1 aliphatic carbocycles. The fourth-order valence-electron chi connectivity index (χ4n) is 3.14. The standard InChI is InChI=1S/C14H19F3O3/c1-8(2)10-5-4-9(3)6-13(10)19-7-11(12(18)20-13)14(15,16)17/h7-10H,4-6H2,1-3H3/t9-,10+,13+/m1/s1. The molecule has 3 nitrogen and oxygen atoms in total. The van der Waals surface area contributed by atoms with Crippen LogP contribution in [0.2, 0.25) is 0 Å². The van der Waals surface area contributed by atoms with E-state index in [1.54, 1.807) is 0 Å². The molecule has 0 bridgehead atoms. The summed E-state index contributed by atoms with van der Waals surface area (Å²) in [5.41, 5.74) is -1.37. The summed E-state index contributed by atoms with van der Waals surface area (Å²) < 4.78 is 48.4. The summed E-state index contributed by atoms with van der Waals surface area (Å²) in [6, 6.07) is 0. The second-order valence-corrected chi connectivity index (χ2v) is 6.09. The van der Waals surface area contributed by atoms with Gasteiger partial charge in [-0.15, -0.1) is 0 Å². The van der Waals surface area contributed by atoms with Crippen molar-refractivity contribution in [2.75, 3.05) is 0 Å². The number of ether oxygens (including phenoxy) is 2. The fourth-order valence-corrected chi connectivity index (χ4v) is 3.14. The van der Waals surface area contributed by atoms with Crippen molar-refractivity contribution >= 4 is 5.97 Å². The number of carbonyl (C=O) groups excluding carboxylic acids is 1. The smallest absolute Gasteiger partial charge is 0.426 e. The molecule has 0 aromatic rings. The van der Waals surface area contributed by atoms with E-state index in [2.05, 4.69) is 0 Å². The van der Waals surface area contributed by atoms with E-state index in [-0.39, 0.29) is 17.8 Å². The molecule has 0 saturated heterocycles. The second kappa shape index (κ2) is 4.97. The average Bonchev–Trinajstić information content (AvgIpc) is 2.25. The summed E-state index contributed by atoms with van der Waals surface area (Å²) in [7, 11) is 0. The Morgan fingerprint density at radius 3 is 2.50 bits per heavy atom. The highest BCUT2D eigenvalue weighted by Crippen LogP contribution is 2.47. The lowest BCUT2D eigenvalue weighted by molar-refractivity contribution is -0.268. The van der Waals surface area contributed by atoms with E-state index in [4.69, 9.17) is 9.47 Å². The normalized spacial score (nSPS) is 34.8. The minimum Gasteiger partial charge on any atom is -0.459 e. The predicted octanol–water partition coefficient (Wildman–Crippen LogP) is 3.79. The maximum absolute atomic E-state index is 12.6. The summed E-state index contributed by atoms with van der Waals surface area (Å²) in [5.74, 6) is -2.25. The Hall–Kier alpha value is -1.20. The molecule has 1 fully saturated rings. The Morgan fingerprint density at radius 1 is 1.35 bits per heavy atom. The van der Waals surface area contributed by atoms with Gasteiger partial charge in [-0.2, -0.15) is 13.2 Å². The fraction of sp³-hybridized carbons (Fsp3) is 0.786. The van der Waals surface area contributed by atoms with E-state index < -0.39 is 23.5 Å². The molecule has 1 spiro atoms. The summed E-state index contributed by atoms with van der Waals surface area (Å²) in [4.78, 5) is 11.7. The topological polar surface area (TPSA) is 35.5 Å². The van der Waals surface area contributed by atoms with E-state index in [1.165, 1.54) is 0 Å². The van der Waals surface area contributed by atoms with Crippen molar-refractivity contribution in [3.63, 3.8) is 0 Å². The van der Waals surface area contributed by atoms with Gasteiger partial charge in [0.25, 0.3) is 5.79 Å². The molecule has 0 N–H and O–H groups in total. The number of halogens is 3. The van der Waals surface area contributed by atoms with Gasteiger partial charge < -0.3 is 9.47 Å². The molecule has 1 heterocycles. The van der Waals surface area contributed by atoms with E-state index >= 15 is 0 Å². The third-order valence-corrected chi connectivity index (χ3v) is 4.14. The van der Waals surface area contributed by atoms with Gasteiger partial charge in [-0.05, 0) is 24.7 Å². The number of esters is 1. The molecule has 2 rings (SSSR count). The highest BCUT2D eigenvalue weighted by atomic mass is 19.4. The van der Waals surface area contributed by atoms with Gasteiger partial charge in [-0.25, -0.2) is 4.79 Å². The quantitative estimate of drug-likeness (QED) is 0.690. The van der Waals surface area contributed by atoms with Crippen LogP contribution in [-0.4, -0.2) is 17.9 Å². The molecule has 1 aliphatic heterocycles. The lowest BCUT2D eigenvalue weighted by atomic mass is 9.72. The summed E-state index contributed by atoms with van der Waals surface area (Å²) in [5, 5.41) is 0. The van der Waals surface area contributed by atoms with Crippen molar-refractivity contribution in [1.29, 1.82) is 0 Å². The predicted molar refractivity (Wildman–Crippen MR) is 65.4 cm³/mol. The van der Waals surface area contributed by atoms with E-state index in [1.807, 2.05) is 20.8 Å². The molecule has 3 atom stereocenters. The monoisotopic (exact) mass is 292 g/mol. The zero-order valence-corrected chi connectivity index (χ0v) is 11.8. The van der Waals surface area contributed by atoms with Gasteiger partial charge in [-0.1, -0.05) is 20.8 Å². The van der Waals surface area contributed by atoms with Crippen LogP contribution in [0.4, 0.5) is 13.2 Å². The maximum Gasteiger partial charge on any atom is 0.426 e. The first-order valence-electron chi connectivity index (χ1n) is 6.84. The van der Waals surface area contributed by atoms with Crippen LogP contribution < -0.4 is 0 Å². The largest absolute Gasteiger partial charge is 0.459 e. The van der Waals surface area contributed by atoms with Crippen molar-refractivity contribution in [3.05, 3.63) is 11.8 Å². The SMILES string of the molecule is CC(C)[C@@H]1CC[C@@H](C)C[C@@]12OC=C(C(F)(F)F)C(=O)O2. The minimum absolute atomic E-state index is 0.0892. The van der Waals surface area contributed by atoms with Crippen LogP contribution in [0.15, 0.2) is 11.8 Å². The zero-order valence-electron chi connectivity index (χ0n) is 11.8. The van der Waals surface area contributed by atoms with Gasteiger partial charge in [-0.3, -0.25) is 0 Å². The van der Waals surface area contributed by atoms with Gasteiger partial charge >= 0.3 is 12.1 Å². The number of carbonyl (C=O) groups is 1. The molecule has 0 unspecified atom stereocenters. The number of hydrogen-bond donors (Lipinski definition) is 0. The lowest BCUT2D eigenvalue weighted by Crippen LogP contribution is -2.53. The first-order chi connectivity index (χ1) is 9.16. The third kappa shape index (κ3) is 2.65. The van der Waals surface area contributed by atoms with Crippen LogP contribution in [0, 0.1) is 17.8 Å². The molecule has 6 heteroatoms. The van der Waals surface area contributed by atoms with Gasteiger partial charge in [0.1, 0.15) is 6.26 Å². The number of rotatable bonds is 1. The Morgan fingerprint density at radius 2 is 2.00 bits per heavy atom. The molecule has 114 valence electrons. The van der Waals surface area contributed by atoms with Crippen LogP contribution in [-0.2, 0) is 14.3 Å². The molecular formula is C14H19F3O3. The van der Waals surface area contributed by atoms with Crippen LogP contribution in [0.5, 0.6) is 0 Å². The van der Waals surface area contributed by atoms with Gasteiger partial charge in [0.15, 0.2) is 5.57 Å². The van der Waals surface area contributed by atoms with Gasteiger partial charge in [0.2, 0.25) is 0 Å².